The molecule has 0 N–H and O–H groups in total. The molecule has 2 saturated heterocycles. The third-order valence-electron chi connectivity index (χ3n) is 6.18. The van der Waals surface area contributed by atoms with E-state index in [0.29, 0.717) is 24.9 Å². The molecule has 4 rings (SSSR count). The molecule has 3 aliphatic rings. The van der Waals surface area contributed by atoms with Crippen molar-refractivity contribution in [1.29, 1.82) is 0 Å². The van der Waals surface area contributed by atoms with E-state index in [0.717, 1.165) is 44.8 Å². The van der Waals surface area contributed by atoms with E-state index in [1.165, 1.54) is 31.4 Å². The summed E-state index contributed by atoms with van der Waals surface area (Å²) in [7, 11) is 1.72. The lowest BCUT2D eigenvalue weighted by Gasteiger charge is -2.48. The molecule has 1 spiro atoms. The Labute approximate surface area is 155 Å². The van der Waals surface area contributed by atoms with Gasteiger partial charge in [-0.25, -0.2) is 9.97 Å². The van der Waals surface area contributed by atoms with Crippen LogP contribution in [-0.4, -0.2) is 60.7 Å². The first-order valence-electron chi connectivity index (χ1n) is 10.0. The van der Waals surface area contributed by atoms with E-state index >= 15 is 0 Å². The molecule has 6 heteroatoms. The third kappa shape index (κ3) is 3.85. The number of hydrogen-bond acceptors (Lipinski definition) is 5. The number of hydrogen-bond donors (Lipinski definition) is 0. The van der Waals surface area contributed by atoms with Gasteiger partial charge in [0.25, 0.3) is 0 Å². The van der Waals surface area contributed by atoms with Crippen molar-refractivity contribution in [3.8, 4) is 0 Å². The van der Waals surface area contributed by atoms with Gasteiger partial charge in [-0.2, -0.15) is 0 Å². The smallest absolute Gasteiger partial charge is 0.222 e. The molecule has 6 nitrogen and oxygen atoms in total. The van der Waals surface area contributed by atoms with E-state index in [9.17, 15) is 4.79 Å². The van der Waals surface area contributed by atoms with Gasteiger partial charge in [0.2, 0.25) is 5.91 Å². The highest BCUT2D eigenvalue weighted by Gasteiger charge is 2.42. The standard InChI is InChI=1S/C20H30N4O2/c1-26-11-3-10-24-14-20(8-6-19(24)25)7-2-9-23(13-20)18-12-17(16-4-5-16)21-15-22-18/h12,15-16H,2-11,13-14H2,1H3. The molecule has 1 aliphatic carbocycles. The van der Waals surface area contributed by atoms with Gasteiger partial charge >= 0.3 is 0 Å². The van der Waals surface area contributed by atoms with Gasteiger partial charge in [-0.1, -0.05) is 0 Å². The van der Waals surface area contributed by atoms with Gasteiger partial charge in [0.1, 0.15) is 12.1 Å². The van der Waals surface area contributed by atoms with Crippen LogP contribution >= 0.6 is 0 Å². The summed E-state index contributed by atoms with van der Waals surface area (Å²) >= 11 is 0. The number of rotatable bonds is 6. The Morgan fingerprint density at radius 2 is 2.15 bits per heavy atom. The molecule has 142 valence electrons. The minimum absolute atomic E-state index is 0.212. The van der Waals surface area contributed by atoms with Gasteiger partial charge in [0.05, 0.1) is 0 Å². The van der Waals surface area contributed by atoms with Gasteiger partial charge in [-0.3, -0.25) is 4.79 Å². The molecule has 1 aromatic heterocycles. The maximum Gasteiger partial charge on any atom is 0.222 e. The molecule has 26 heavy (non-hydrogen) atoms. The minimum atomic E-state index is 0.212. The number of likely N-dealkylation sites (tertiary alicyclic amines) is 1. The average Bonchev–Trinajstić information content (AvgIpc) is 3.51. The molecule has 0 bridgehead atoms. The number of methoxy groups -OCH3 is 1. The zero-order valence-electron chi connectivity index (χ0n) is 15.8. The highest BCUT2D eigenvalue weighted by atomic mass is 16.5. The molecule has 1 amide bonds. The SMILES string of the molecule is COCCCN1CC2(CCCN(c3cc(C4CC4)ncn3)C2)CCC1=O. The lowest BCUT2D eigenvalue weighted by atomic mass is 9.73. The first kappa shape index (κ1) is 17.7. The number of ether oxygens (including phenoxy) is 1. The van der Waals surface area contributed by atoms with Crippen LogP contribution in [0.4, 0.5) is 5.82 Å². The van der Waals surface area contributed by atoms with Crippen molar-refractivity contribution in [3.63, 3.8) is 0 Å². The van der Waals surface area contributed by atoms with Crippen molar-refractivity contribution in [2.24, 2.45) is 5.41 Å². The third-order valence-corrected chi connectivity index (χ3v) is 6.18. The fourth-order valence-corrected chi connectivity index (χ4v) is 4.58. The van der Waals surface area contributed by atoms with E-state index in [1.54, 1.807) is 13.4 Å². The van der Waals surface area contributed by atoms with Crippen LogP contribution in [-0.2, 0) is 9.53 Å². The Balaban J connectivity index is 1.45. The second-order valence-electron chi connectivity index (χ2n) is 8.26. The normalized spacial score (nSPS) is 26.6. The van der Waals surface area contributed by atoms with Gasteiger partial charge in [-0.15, -0.1) is 0 Å². The molecule has 1 saturated carbocycles. The maximum absolute atomic E-state index is 12.3. The van der Waals surface area contributed by atoms with Crippen molar-refractivity contribution in [1.82, 2.24) is 14.9 Å². The van der Waals surface area contributed by atoms with E-state index in [2.05, 4.69) is 25.8 Å². The second-order valence-corrected chi connectivity index (χ2v) is 8.26. The van der Waals surface area contributed by atoms with Gasteiger partial charge in [0.15, 0.2) is 0 Å². The number of nitrogens with zero attached hydrogens (tertiary/aromatic N) is 4. The molecule has 3 fully saturated rings. The summed E-state index contributed by atoms with van der Waals surface area (Å²) in [6.45, 7) is 4.47. The van der Waals surface area contributed by atoms with Crippen LogP contribution in [0.25, 0.3) is 0 Å². The summed E-state index contributed by atoms with van der Waals surface area (Å²) in [5, 5.41) is 0. The first-order chi connectivity index (χ1) is 12.7. The Bertz CT molecular complexity index is 648. The quantitative estimate of drug-likeness (QED) is 0.732. The molecular formula is C20H30N4O2. The molecule has 3 heterocycles. The van der Waals surface area contributed by atoms with Crippen LogP contribution in [0.3, 0.4) is 0 Å². The molecule has 1 atom stereocenters. The highest BCUT2D eigenvalue weighted by molar-refractivity contribution is 5.77. The summed E-state index contributed by atoms with van der Waals surface area (Å²) in [5.74, 6) is 2.03. The monoisotopic (exact) mass is 358 g/mol. The Hall–Kier alpha value is -1.69. The number of carbonyl (C=O) groups excluding carboxylic acids is 1. The second kappa shape index (κ2) is 7.51. The van der Waals surface area contributed by atoms with Crippen molar-refractivity contribution < 1.29 is 9.53 Å². The largest absolute Gasteiger partial charge is 0.385 e. The molecular weight excluding hydrogens is 328 g/mol. The number of amides is 1. The van der Waals surface area contributed by atoms with E-state index in [-0.39, 0.29) is 5.41 Å². The Morgan fingerprint density at radius 1 is 1.27 bits per heavy atom. The molecule has 0 aromatic carbocycles. The summed E-state index contributed by atoms with van der Waals surface area (Å²) < 4.78 is 5.16. The summed E-state index contributed by atoms with van der Waals surface area (Å²) in [6, 6.07) is 2.20. The van der Waals surface area contributed by atoms with Crippen LogP contribution in [0, 0.1) is 5.41 Å². The Kier molecular flexibility index (Phi) is 5.11. The lowest BCUT2D eigenvalue weighted by Crippen LogP contribution is -2.54. The topological polar surface area (TPSA) is 58.6 Å². The molecule has 0 radical (unpaired) electrons. The van der Waals surface area contributed by atoms with E-state index in [4.69, 9.17) is 4.74 Å². The van der Waals surface area contributed by atoms with Crippen LogP contribution < -0.4 is 4.90 Å². The highest BCUT2D eigenvalue weighted by Crippen LogP contribution is 2.42. The molecule has 2 aliphatic heterocycles. The van der Waals surface area contributed by atoms with Crippen molar-refractivity contribution >= 4 is 11.7 Å². The van der Waals surface area contributed by atoms with E-state index in [1.807, 2.05) is 0 Å². The van der Waals surface area contributed by atoms with Crippen LogP contribution in [0.15, 0.2) is 12.4 Å². The number of anilines is 1. The van der Waals surface area contributed by atoms with Crippen molar-refractivity contribution in [2.45, 2.75) is 50.9 Å². The predicted octanol–water partition coefficient (Wildman–Crippen LogP) is 2.60. The van der Waals surface area contributed by atoms with Crippen LogP contribution in [0.2, 0.25) is 0 Å². The minimum Gasteiger partial charge on any atom is -0.385 e. The van der Waals surface area contributed by atoms with Crippen LogP contribution in [0.1, 0.15) is 56.6 Å². The van der Waals surface area contributed by atoms with Gasteiger partial charge in [-0.05, 0) is 38.5 Å². The maximum atomic E-state index is 12.3. The fourth-order valence-electron chi connectivity index (χ4n) is 4.58. The number of piperidine rings is 2. The first-order valence-corrected chi connectivity index (χ1v) is 10.0. The number of aromatic nitrogens is 2. The molecule has 1 aromatic rings. The van der Waals surface area contributed by atoms with Gasteiger partial charge < -0.3 is 14.5 Å². The van der Waals surface area contributed by atoms with Crippen molar-refractivity contribution in [3.05, 3.63) is 18.1 Å². The summed E-state index contributed by atoms with van der Waals surface area (Å²) in [6.07, 6.45) is 9.23. The Morgan fingerprint density at radius 3 is 2.96 bits per heavy atom. The zero-order valence-corrected chi connectivity index (χ0v) is 15.8. The van der Waals surface area contributed by atoms with E-state index < -0.39 is 0 Å². The zero-order chi connectivity index (χ0) is 18.0. The fraction of sp³-hybridized carbons (Fsp3) is 0.750. The summed E-state index contributed by atoms with van der Waals surface area (Å²) in [4.78, 5) is 25.9. The van der Waals surface area contributed by atoms with Crippen molar-refractivity contribution in [2.75, 3.05) is 44.8 Å². The lowest BCUT2D eigenvalue weighted by molar-refractivity contribution is -0.138. The summed E-state index contributed by atoms with van der Waals surface area (Å²) in [5.41, 5.74) is 1.42. The molecule has 1 unspecified atom stereocenters. The van der Waals surface area contributed by atoms with Gasteiger partial charge in [0, 0.05) is 69.4 Å². The number of carbonyl (C=O) groups is 1. The average molecular weight is 358 g/mol. The predicted molar refractivity (Wildman–Crippen MR) is 100 cm³/mol. The van der Waals surface area contributed by atoms with Crippen LogP contribution in [0.5, 0.6) is 0 Å².